The largest absolute Gasteiger partial charge is 0.506 e. The van der Waals surface area contributed by atoms with Crippen molar-refractivity contribution in [2.75, 3.05) is 32.7 Å². The number of piperidine rings is 1. The summed E-state index contributed by atoms with van der Waals surface area (Å²) in [6, 6.07) is 36.0. The number of fused-ring (bicyclic) bond motifs is 1. The van der Waals surface area contributed by atoms with Gasteiger partial charge in [-0.3, -0.25) is 14.5 Å². The number of aromatic nitrogens is 1. The Bertz CT molecular complexity index is 2500. The first kappa shape index (κ1) is 42.8. The number of nitrogens with zero attached hydrogens (tertiary/aromatic N) is 1. The second-order valence-electron chi connectivity index (χ2n) is 15.5. The van der Waals surface area contributed by atoms with Gasteiger partial charge >= 0.3 is 6.09 Å². The number of aromatic hydroxyl groups is 1. The normalized spacial score (nSPS) is 16.4. The molecule has 0 bridgehead atoms. The number of ether oxygens (including phenoxy) is 2. The first-order valence-corrected chi connectivity index (χ1v) is 20.7. The minimum atomic E-state index is -0.856. The third-order valence-corrected chi connectivity index (χ3v) is 11.3. The number of halogens is 1. The Labute approximate surface area is 354 Å². The third-order valence-electron chi connectivity index (χ3n) is 11.3. The molecule has 6 aromatic rings. The Balaban J connectivity index is 0.956. The Kier molecular flexibility index (Phi) is 14.2. The number of hydrogen-bond acceptors (Lipinski definition) is 9. The summed E-state index contributed by atoms with van der Waals surface area (Å²) in [5, 5.41) is 28.0. The van der Waals surface area contributed by atoms with E-state index >= 15 is 0 Å². The minimum Gasteiger partial charge on any atom is -0.506 e. The monoisotopic (exact) mass is 826 g/mol. The molecule has 316 valence electrons. The molecule has 1 aliphatic heterocycles. The summed E-state index contributed by atoms with van der Waals surface area (Å²) in [7, 11) is 0. The number of Topliss-reactive ketones (excluding diaryl/α,β-unsaturated/α-hetero) is 1. The van der Waals surface area contributed by atoms with E-state index in [0.717, 1.165) is 30.5 Å². The fourth-order valence-corrected chi connectivity index (χ4v) is 7.98. The summed E-state index contributed by atoms with van der Waals surface area (Å²) in [5.74, 6) is 0.229. The molecule has 12 heteroatoms. The number of phenolic OH excluding ortho intramolecular Hbond substituents is 1. The van der Waals surface area contributed by atoms with E-state index in [2.05, 4.69) is 28.6 Å². The number of aliphatic hydroxyl groups is 1. The first-order valence-electron chi connectivity index (χ1n) is 20.7. The molecule has 2 heterocycles. The second kappa shape index (κ2) is 20.3. The molecule has 11 nitrogen and oxygen atoms in total. The topological polar surface area (TPSA) is 153 Å². The number of amides is 1. The number of pyridine rings is 1. The number of rotatable bonds is 17. The maximum Gasteiger partial charge on any atom is 0.408 e. The minimum absolute atomic E-state index is 0.0178. The summed E-state index contributed by atoms with van der Waals surface area (Å²) < 4.78 is 26.9. The molecule has 4 atom stereocenters. The fraction of sp³-hybridized carbons (Fsp3) is 0.286. The van der Waals surface area contributed by atoms with Crippen LogP contribution >= 0.6 is 0 Å². The van der Waals surface area contributed by atoms with Crippen LogP contribution in [0.1, 0.15) is 70.1 Å². The lowest BCUT2D eigenvalue weighted by Crippen LogP contribution is -2.48. The molecule has 0 radical (unpaired) electrons. The van der Waals surface area contributed by atoms with Gasteiger partial charge in [-0.05, 0) is 102 Å². The SMILES string of the molecule is CCC1CCN(CC(=O)c2ccccc2)CC1OC(=O)NC(c1cccc(F)c1)c1cccc(OCc2cccc(CCNCC(O)c3ccc(O)c4[nH]c(=O)ccc34)c2)c1. The van der Waals surface area contributed by atoms with Gasteiger partial charge in [0.1, 0.15) is 30.0 Å². The highest BCUT2D eigenvalue weighted by Gasteiger charge is 2.33. The highest BCUT2D eigenvalue weighted by atomic mass is 19.1. The van der Waals surface area contributed by atoms with E-state index in [1.807, 2.05) is 65.6 Å². The second-order valence-corrected chi connectivity index (χ2v) is 15.5. The lowest BCUT2D eigenvalue weighted by molar-refractivity contribution is 0.00337. The van der Waals surface area contributed by atoms with E-state index in [4.69, 9.17) is 9.47 Å². The molecule has 7 rings (SSSR count). The number of aromatic amines is 1. The maximum atomic E-state index is 14.6. The lowest BCUT2D eigenvalue weighted by atomic mass is 9.91. The predicted molar refractivity (Wildman–Crippen MR) is 232 cm³/mol. The Morgan fingerprint density at radius 2 is 1.67 bits per heavy atom. The van der Waals surface area contributed by atoms with Gasteiger partial charge in [0.05, 0.1) is 24.2 Å². The van der Waals surface area contributed by atoms with Gasteiger partial charge in [-0.2, -0.15) is 0 Å². The zero-order valence-electron chi connectivity index (χ0n) is 34.1. The molecule has 1 aliphatic rings. The molecule has 0 saturated carbocycles. The molecule has 0 spiro atoms. The first-order chi connectivity index (χ1) is 29.6. The summed E-state index contributed by atoms with van der Waals surface area (Å²) in [4.78, 5) is 43.1. The molecular weight excluding hydrogens is 776 g/mol. The van der Waals surface area contributed by atoms with Crippen molar-refractivity contribution in [3.63, 3.8) is 0 Å². The van der Waals surface area contributed by atoms with Crippen LogP contribution in [-0.2, 0) is 17.8 Å². The number of benzene rings is 5. The Morgan fingerprint density at radius 1 is 0.902 bits per heavy atom. The van der Waals surface area contributed by atoms with Crippen LogP contribution in [0.3, 0.4) is 0 Å². The summed E-state index contributed by atoms with van der Waals surface area (Å²) in [5.41, 5.74) is 4.46. The van der Waals surface area contributed by atoms with Crippen LogP contribution in [0.5, 0.6) is 11.5 Å². The number of carbonyl (C=O) groups excluding carboxylic acids is 2. The van der Waals surface area contributed by atoms with Crippen molar-refractivity contribution in [2.45, 2.75) is 51.0 Å². The van der Waals surface area contributed by atoms with Crippen LogP contribution in [-0.4, -0.2) is 70.8 Å². The highest BCUT2D eigenvalue weighted by molar-refractivity contribution is 5.97. The summed E-state index contributed by atoms with van der Waals surface area (Å²) in [6.45, 7) is 4.63. The molecule has 1 saturated heterocycles. The number of alkyl carbamates (subject to hydrolysis) is 1. The molecule has 0 aliphatic carbocycles. The van der Waals surface area contributed by atoms with E-state index in [1.54, 1.807) is 36.4 Å². The standard InChI is InChI=1S/C49H51FN4O7/c1-2-34-22-24-54(29-44(57)35-11-4-3-5-12-35)30-45(34)61-49(59)53-47(36-13-7-15-38(50)26-36)37-14-8-16-39(27-37)60-31-33-10-6-9-32(25-33)21-23-51-28-43(56)40-17-19-42(55)48-41(40)18-20-46(58)52-48/h3-20,25-27,34,43,45,47,51,55-56H,2,21-24,28-31H2,1H3,(H,52,58)(H,53,59). The zero-order valence-corrected chi connectivity index (χ0v) is 34.1. The smallest absolute Gasteiger partial charge is 0.408 e. The van der Waals surface area contributed by atoms with Crippen molar-refractivity contribution in [1.29, 1.82) is 0 Å². The number of phenols is 1. The lowest BCUT2D eigenvalue weighted by Gasteiger charge is -2.37. The Morgan fingerprint density at radius 3 is 2.48 bits per heavy atom. The van der Waals surface area contributed by atoms with Crippen molar-refractivity contribution in [1.82, 2.24) is 20.5 Å². The van der Waals surface area contributed by atoms with Crippen molar-refractivity contribution < 1.29 is 33.7 Å². The van der Waals surface area contributed by atoms with Gasteiger partial charge < -0.3 is 35.3 Å². The number of H-pyrrole nitrogens is 1. The van der Waals surface area contributed by atoms with Crippen molar-refractivity contribution in [2.24, 2.45) is 5.92 Å². The van der Waals surface area contributed by atoms with Gasteiger partial charge in [-0.1, -0.05) is 91.9 Å². The molecule has 1 aromatic heterocycles. The number of carbonyl (C=O) groups is 2. The molecule has 1 amide bonds. The van der Waals surface area contributed by atoms with E-state index in [1.165, 1.54) is 24.3 Å². The van der Waals surface area contributed by atoms with Crippen molar-refractivity contribution in [3.8, 4) is 11.5 Å². The molecule has 1 fully saturated rings. The number of hydrogen-bond donors (Lipinski definition) is 5. The van der Waals surface area contributed by atoms with Crippen LogP contribution in [0, 0.1) is 11.7 Å². The Hall–Kier alpha value is -6.34. The van der Waals surface area contributed by atoms with Crippen LogP contribution in [0.25, 0.3) is 10.9 Å². The van der Waals surface area contributed by atoms with E-state index in [0.29, 0.717) is 58.4 Å². The summed E-state index contributed by atoms with van der Waals surface area (Å²) >= 11 is 0. The van der Waals surface area contributed by atoms with Crippen LogP contribution in [0.4, 0.5) is 9.18 Å². The molecule has 5 N–H and O–H groups in total. The average Bonchev–Trinajstić information content (AvgIpc) is 3.27. The van der Waals surface area contributed by atoms with Crippen LogP contribution in [0.2, 0.25) is 0 Å². The number of ketones is 1. The van der Waals surface area contributed by atoms with Gasteiger partial charge in [0, 0.05) is 30.1 Å². The highest BCUT2D eigenvalue weighted by Crippen LogP contribution is 2.30. The van der Waals surface area contributed by atoms with Gasteiger partial charge in [-0.25, -0.2) is 9.18 Å². The van der Waals surface area contributed by atoms with Gasteiger partial charge in [0.15, 0.2) is 5.78 Å². The number of likely N-dealkylation sites (tertiary alicyclic amines) is 1. The number of nitrogens with one attached hydrogen (secondary N) is 3. The molecular formula is C49H51FN4O7. The number of aliphatic hydroxyl groups excluding tert-OH is 1. The van der Waals surface area contributed by atoms with Crippen molar-refractivity contribution >= 4 is 22.8 Å². The van der Waals surface area contributed by atoms with Crippen molar-refractivity contribution in [3.05, 3.63) is 177 Å². The van der Waals surface area contributed by atoms with E-state index < -0.39 is 30.2 Å². The third kappa shape index (κ3) is 11.3. The summed E-state index contributed by atoms with van der Waals surface area (Å²) in [6.07, 6.45) is 0.390. The predicted octanol–water partition coefficient (Wildman–Crippen LogP) is 7.62. The van der Waals surface area contributed by atoms with Gasteiger partial charge in [-0.15, -0.1) is 0 Å². The van der Waals surface area contributed by atoms with Crippen LogP contribution in [0.15, 0.2) is 132 Å². The van der Waals surface area contributed by atoms with Gasteiger partial charge in [0.25, 0.3) is 0 Å². The maximum absolute atomic E-state index is 14.6. The molecule has 61 heavy (non-hydrogen) atoms. The van der Waals surface area contributed by atoms with E-state index in [-0.39, 0.29) is 42.7 Å². The zero-order chi connectivity index (χ0) is 42.7. The van der Waals surface area contributed by atoms with Gasteiger partial charge in [0.2, 0.25) is 5.56 Å². The quantitative estimate of drug-likeness (QED) is 0.0462. The molecule has 4 unspecified atom stereocenters. The fourth-order valence-electron chi connectivity index (χ4n) is 7.98. The molecule has 5 aromatic carbocycles. The average molecular weight is 827 g/mol. The van der Waals surface area contributed by atoms with Crippen LogP contribution < -0.4 is 20.9 Å². The van der Waals surface area contributed by atoms with E-state index in [9.17, 15) is 29.0 Å².